The van der Waals surface area contributed by atoms with E-state index < -0.39 is 51.9 Å². The van der Waals surface area contributed by atoms with Gasteiger partial charge in [0, 0.05) is 11.8 Å². The second-order valence-electron chi connectivity index (χ2n) is 8.94. The molecule has 8 atom stereocenters. The normalized spacial score (nSPS) is 58.0. The predicted molar refractivity (Wildman–Crippen MR) is 85.2 cm³/mol. The van der Waals surface area contributed by atoms with Gasteiger partial charge in [-0.1, -0.05) is 12.7 Å². The van der Waals surface area contributed by atoms with Gasteiger partial charge in [0.25, 0.3) is 0 Å². The van der Waals surface area contributed by atoms with Crippen molar-refractivity contribution >= 4 is 11.9 Å². The number of aliphatic hydroxyl groups is 2. The zero-order valence-electron chi connectivity index (χ0n) is 14.1. The zero-order chi connectivity index (χ0) is 18.0. The molecule has 6 nitrogen and oxygen atoms in total. The Morgan fingerprint density at radius 2 is 2.16 bits per heavy atom. The minimum absolute atomic E-state index is 0.180. The molecule has 5 aliphatic rings. The van der Waals surface area contributed by atoms with Crippen molar-refractivity contribution in [2.45, 2.75) is 49.9 Å². The molecule has 0 aromatic heterocycles. The van der Waals surface area contributed by atoms with Gasteiger partial charge in [-0.2, -0.15) is 0 Å². The molecule has 3 saturated carbocycles. The Morgan fingerprint density at radius 3 is 2.84 bits per heavy atom. The van der Waals surface area contributed by atoms with Gasteiger partial charge in [0.1, 0.15) is 11.0 Å². The van der Waals surface area contributed by atoms with Gasteiger partial charge < -0.3 is 20.1 Å². The molecule has 1 spiro atoms. The highest BCUT2D eigenvalue weighted by molar-refractivity contribution is 5.86. The minimum Gasteiger partial charge on any atom is -0.481 e. The second-order valence-corrected chi connectivity index (χ2v) is 8.94. The van der Waals surface area contributed by atoms with E-state index in [0.29, 0.717) is 31.3 Å². The summed E-state index contributed by atoms with van der Waals surface area (Å²) in [6.07, 6.45) is 4.11. The van der Waals surface area contributed by atoms with Crippen LogP contribution in [-0.2, 0) is 14.3 Å². The van der Waals surface area contributed by atoms with Gasteiger partial charge in [-0.3, -0.25) is 9.59 Å². The maximum absolute atomic E-state index is 12.7. The largest absolute Gasteiger partial charge is 0.481 e. The molecule has 4 bridgehead atoms. The molecule has 0 aromatic rings. The quantitative estimate of drug-likeness (QED) is 0.484. The summed E-state index contributed by atoms with van der Waals surface area (Å²) in [5.41, 5.74) is -3.29. The molecule has 0 radical (unpaired) electrons. The van der Waals surface area contributed by atoms with E-state index in [4.69, 9.17) is 4.74 Å². The van der Waals surface area contributed by atoms with Crippen LogP contribution in [0.3, 0.4) is 0 Å². The number of carboxylic acids is 1. The third kappa shape index (κ3) is 1.36. The van der Waals surface area contributed by atoms with Crippen LogP contribution in [0.1, 0.15) is 32.6 Å². The molecular formula is C19H22O6. The lowest BCUT2D eigenvalue weighted by Crippen LogP contribution is -2.50. The number of carbonyl (C=O) groups is 2. The molecule has 1 heterocycles. The third-order valence-electron chi connectivity index (χ3n) is 8.12. The highest BCUT2D eigenvalue weighted by Gasteiger charge is 2.83. The Kier molecular flexibility index (Phi) is 2.50. The summed E-state index contributed by atoms with van der Waals surface area (Å²) in [5, 5.41) is 31.6. The van der Waals surface area contributed by atoms with E-state index in [1.165, 1.54) is 0 Å². The van der Waals surface area contributed by atoms with Crippen LogP contribution < -0.4 is 0 Å². The van der Waals surface area contributed by atoms with Crippen LogP contribution in [0.15, 0.2) is 24.3 Å². The fourth-order valence-corrected chi connectivity index (χ4v) is 7.13. The summed E-state index contributed by atoms with van der Waals surface area (Å²) in [6, 6.07) is 0. The van der Waals surface area contributed by atoms with E-state index in [1.807, 2.05) is 0 Å². The number of aliphatic carboxylic acids is 1. The number of esters is 1. The molecule has 4 aliphatic carbocycles. The molecule has 0 unspecified atom stereocenters. The summed E-state index contributed by atoms with van der Waals surface area (Å²) < 4.78 is 5.87. The van der Waals surface area contributed by atoms with Crippen LogP contribution in [0, 0.1) is 28.6 Å². The molecule has 0 aromatic carbocycles. The molecule has 25 heavy (non-hydrogen) atoms. The Balaban J connectivity index is 1.78. The average Bonchev–Trinajstić information content (AvgIpc) is 2.95. The molecule has 6 heteroatoms. The zero-order valence-corrected chi connectivity index (χ0v) is 14.1. The molecule has 0 amide bonds. The van der Waals surface area contributed by atoms with Gasteiger partial charge >= 0.3 is 11.9 Å². The van der Waals surface area contributed by atoms with Gasteiger partial charge in [0.05, 0.1) is 17.6 Å². The lowest BCUT2D eigenvalue weighted by atomic mass is 9.61. The van der Waals surface area contributed by atoms with Gasteiger partial charge in [0.15, 0.2) is 0 Å². The van der Waals surface area contributed by atoms with Crippen molar-refractivity contribution in [1.29, 1.82) is 0 Å². The summed E-state index contributed by atoms with van der Waals surface area (Å²) in [4.78, 5) is 25.1. The number of carboxylic acid groups (broad SMARTS) is 1. The number of aliphatic hydroxyl groups excluding tert-OH is 1. The lowest BCUT2D eigenvalue weighted by Gasteiger charge is -2.44. The van der Waals surface area contributed by atoms with Crippen LogP contribution in [0.5, 0.6) is 0 Å². The molecular weight excluding hydrogens is 324 g/mol. The average molecular weight is 346 g/mol. The van der Waals surface area contributed by atoms with Crippen LogP contribution in [0.4, 0.5) is 0 Å². The summed E-state index contributed by atoms with van der Waals surface area (Å²) >= 11 is 0. The van der Waals surface area contributed by atoms with Crippen LogP contribution in [-0.4, -0.2) is 44.6 Å². The van der Waals surface area contributed by atoms with Crippen LogP contribution >= 0.6 is 0 Å². The number of rotatable bonds is 1. The maximum Gasteiger partial charge on any atom is 0.316 e. The van der Waals surface area contributed by atoms with E-state index in [2.05, 4.69) is 6.58 Å². The van der Waals surface area contributed by atoms with Crippen LogP contribution in [0.25, 0.3) is 0 Å². The van der Waals surface area contributed by atoms with Gasteiger partial charge in [-0.05, 0) is 49.7 Å². The Hall–Kier alpha value is -1.66. The van der Waals surface area contributed by atoms with Gasteiger partial charge in [-0.15, -0.1) is 0 Å². The SMILES string of the molecule is C=C1C[C@]23C[C@@]1(O)CC[C@@H]2[C@@]12C=C[C@H](O)[C@](C)(C(=O)O1)[C@H]2[C@@H]3C(=O)O. The highest BCUT2D eigenvalue weighted by Crippen LogP contribution is 2.77. The fourth-order valence-electron chi connectivity index (χ4n) is 7.13. The number of ether oxygens (including phenoxy) is 1. The topological polar surface area (TPSA) is 104 Å². The molecule has 1 saturated heterocycles. The van der Waals surface area contributed by atoms with Crippen molar-refractivity contribution in [2.24, 2.45) is 28.6 Å². The number of hydrogen-bond donors (Lipinski definition) is 3. The molecule has 1 aliphatic heterocycles. The first-order valence-corrected chi connectivity index (χ1v) is 8.86. The first-order valence-electron chi connectivity index (χ1n) is 8.86. The summed E-state index contributed by atoms with van der Waals surface area (Å²) in [7, 11) is 0. The number of carbonyl (C=O) groups excluding carboxylic acids is 1. The highest BCUT2D eigenvalue weighted by atomic mass is 16.6. The van der Waals surface area contributed by atoms with Gasteiger partial charge in [-0.25, -0.2) is 0 Å². The van der Waals surface area contributed by atoms with Crippen molar-refractivity contribution in [1.82, 2.24) is 0 Å². The smallest absolute Gasteiger partial charge is 0.316 e. The summed E-state index contributed by atoms with van der Waals surface area (Å²) in [6.45, 7) is 5.64. The Labute approximate surface area is 145 Å². The molecule has 134 valence electrons. The van der Waals surface area contributed by atoms with Crippen molar-refractivity contribution in [2.75, 3.05) is 0 Å². The fraction of sp³-hybridized carbons (Fsp3) is 0.684. The monoisotopic (exact) mass is 346 g/mol. The standard InChI is InChI=1S/C19H22O6/c1-9-7-17-8-18(9,24)5-3-10(17)19-6-4-11(20)16(2,15(23)25-19)13(19)12(17)14(21)22/h4,6,10-13,20,24H,1,3,5,7-8H2,2H3,(H,21,22)/t10-,11-,12+,13+,16-,17-,18-,19+/m0/s1. The Bertz CT molecular complexity index is 772. The Morgan fingerprint density at radius 1 is 1.44 bits per heavy atom. The van der Waals surface area contributed by atoms with Crippen molar-refractivity contribution in [3.05, 3.63) is 24.3 Å². The van der Waals surface area contributed by atoms with Crippen molar-refractivity contribution < 1.29 is 29.6 Å². The first kappa shape index (κ1) is 15.6. The van der Waals surface area contributed by atoms with Crippen LogP contribution in [0.2, 0.25) is 0 Å². The molecule has 4 fully saturated rings. The van der Waals surface area contributed by atoms with E-state index in [0.717, 1.165) is 0 Å². The third-order valence-corrected chi connectivity index (χ3v) is 8.12. The number of hydrogen-bond acceptors (Lipinski definition) is 5. The summed E-state index contributed by atoms with van der Waals surface area (Å²) in [5.74, 6) is -3.18. The predicted octanol–water partition coefficient (Wildman–Crippen LogP) is 1.03. The second kappa shape index (κ2) is 4.01. The van der Waals surface area contributed by atoms with Crippen molar-refractivity contribution in [3.8, 4) is 0 Å². The van der Waals surface area contributed by atoms with E-state index in [9.17, 15) is 24.9 Å². The lowest BCUT2D eigenvalue weighted by molar-refractivity contribution is -0.163. The molecule has 3 N–H and O–H groups in total. The van der Waals surface area contributed by atoms with E-state index in [1.54, 1.807) is 19.1 Å². The van der Waals surface area contributed by atoms with Crippen molar-refractivity contribution in [3.63, 3.8) is 0 Å². The van der Waals surface area contributed by atoms with E-state index >= 15 is 0 Å². The first-order chi connectivity index (χ1) is 11.6. The maximum atomic E-state index is 12.7. The minimum atomic E-state index is -1.27. The van der Waals surface area contributed by atoms with E-state index in [-0.39, 0.29) is 5.92 Å². The molecule has 5 rings (SSSR count). The number of fused-ring (bicyclic) bond motifs is 1. The van der Waals surface area contributed by atoms with Gasteiger partial charge in [0.2, 0.25) is 0 Å².